The molecular formula is C14H17BrN2. The molecule has 0 bridgehead atoms. The average Bonchev–Trinajstić information content (AvgIpc) is 2.66. The number of aromatic amines is 1. The third kappa shape index (κ3) is 1.91. The molecule has 1 unspecified atom stereocenters. The van der Waals surface area contributed by atoms with Crippen molar-refractivity contribution in [1.82, 2.24) is 9.88 Å². The first kappa shape index (κ1) is 11.3. The molecule has 0 aliphatic heterocycles. The molecule has 1 aromatic carbocycles. The third-order valence-electron chi connectivity index (χ3n) is 3.85. The van der Waals surface area contributed by atoms with Gasteiger partial charge >= 0.3 is 0 Å². The second-order valence-electron chi connectivity index (χ2n) is 5.13. The van der Waals surface area contributed by atoms with Crippen LogP contribution in [-0.4, -0.2) is 30.0 Å². The fourth-order valence-electron chi connectivity index (χ4n) is 2.81. The smallest absolute Gasteiger partial charge is 0.0459 e. The molecule has 0 saturated heterocycles. The monoisotopic (exact) mass is 292 g/mol. The van der Waals surface area contributed by atoms with Gasteiger partial charge in [-0.2, -0.15) is 0 Å². The van der Waals surface area contributed by atoms with Crippen LogP contribution >= 0.6 is 15.9 Å². The molecule has 1 aromatic heterocycles. The van der Waals surface area contributed by atoms with Crippen molar-refractivity contribution in [1.29, 1.82) is 0 Å². The molecule has 1 heterocycles. The van der Waals surface area contributed by atoms with E-state index in [-0.39, 0.29) is 0 Å². The van der Waals surface area contributed by atoms with Gasteiger partial charge in [0.2, 0.25) is 0 Å². The minimum atomic E-state index is 0.681. The summed E-state index contributed by atoms with van der Waals surface area (Å²) in [5, 5.41) is 1.39. The number of aryl methyl sites for hydroxylation is 1. The number of rotatable bonds is 1. The standard InChI is InChI=1S/C14H17BrN2/c1-17(2)10-4-6-14-12(8-10)11-7-9(15)3-5-13(11)16-14/h3,5,7,10,16H,4,6,8H2,1-2H3. The molecule has 1 aliphatic rings. The lowest BCUT2D eigenvalue weighted by Gasteiger charge is -2.28. The van der Waals surface area contributed by atoms with Gasteiger partial charge in [0.1, 0.15) is 0 Å². The summed E-state index contributed by atoms with van der Waals surface area (Å²) in [5.74, 6) is 0. The van der Waals surface area contributed by atoms with Crippen LogP contribution in [0, 0.1) is 0 Å². The van der Waals surface area contributed by atoms with Crippen molar-refractivity contribution in [2.45, 2.75) is 25.3 Å². The highest BCUT2D eigenvalue weighted by atomic mass is 79.9. The lowest BCUT2D eigenvalue weighted by Crippen LogP contribution is -2.33. The molecule has 2 nitrogen and oxygen atoms in total. The summed E-state index contributed by atoms with van der Waals surface area (Å²) >= 11 is 3.56. The third-order valence-corrected chi connectivity index (χ3v) is 4.35. The number of H-pyrrole nitrogens is 1. The molecule has 90 valence electrons. The van der Waals surface area contributed by atoms with Gasteiger partial charge in [-0.05, 0) is 57.1 Å². The molecule has 2 aromatic rings. The van der Waals surface area contributed by atoms with Crippen LogP contribution in [0.2, 0.25) is 0 Å². The second kappa shape index (κ2) is 4.14. The summed E-state index contributed by atoms with van der Waals surface area (Å²) in [4.78, 5) is 5.91. The first-order valence-electron chi connectivity index (χ1n) is 6.10. The summed E-state index contributed by atoms with van der Waals surface area (Å²) in [6.07, 6.45) is 3.59. The van der Waals surface area contributed by atoms with Gasteiger partial charge in [0.05, 0.1) is 0 Å². The Kier molecular flexibility index (Phi) is 2.75. The van der Waals surface area contributed by atoms with Gasteiger partial charge in [0.25, 0.3) is 0 Å². The number of benzene rings is 1. The van der Waals surface area contributed by atoms with Crippen molar-refractivity contribution in [2.24, 2.45) is 0 Å². The number of halogens is 1. The molecule has 17 heavy (non-hydrogen) atoms. The maximum absolute atomic E-state index is 3.56. The zero-order valence-corrected chi connectivity index (χ0v) is 11.8. The van der Waals surface area contributed by atoms with Gasteiger partial charge in [-0.15, -0.1) is 0 Å². The molecule has 0 spiro atoms. The van der Waals surface area contributed by atoms with Crippen LogP contribution in [-0.2, 0) is 12.8 Å². The molecule has 0 saturated carbocycles. The summed E-state index contributed by atoms with van der Waals surface area (Å²) in [6.45, 7) is 0. The van der Waals surface area contributed by atoms with Crippen molar-refractivity contribution in [3.05, 3.63) is 33.9 Å². The highest BCUT2D eigenvalue weighted by Crippen LogP contribution is 2.31. The van der Waals surface area contributed by atoms with E-state index in [2.05, 4.69) is 58.1 Å². The lowest BCUT2D eigenvalue weighted by atomic mass is 9.91. The number of nitrogens with zero attached hydrogens (tertiary/aromatic N) is 1. The van der Waals surface area contributed by atoms with Crippen LogP contribution < -0.4 is 0 Å². The Morgan fingerprint density at radius 3 is 2.94 bits per heavy atom. The Morgan fingerprint density at radius 1 is 1.35 bits per heavy atom. The van der Waals surface area contributed by atoms with E-state index < -0.39 is 0 Å². The van der Waals surface area contributed by atoms with E-state index in [9.17, 15) is 0 Å². The number of nitrogens with one attached hydrogen (secondary N) is 1. The van der Waals surface area contributed by atoms with E-state index in [0.717, 1.165) is 0 Å². The molecule has 0 amide bonds. The molecule has 3 rings (SSSR count). The van der Waals surface area contributed by atoms with Gasteiger partial charge in [0, 0.05) is 27.1 Å². The zero-order valence-electron chi connectivity index (χ0n) is 10.3. The number of fused-ring (bicyclic) bond motifs is 3. The predicted octanol–water partition coefficient (Wildman–Crippen LogP) is 3.35. The van der Waals surface area contributed by atoms with Crippen molar-refractivity contribution < 1.29 is 0 Å². The van der Waals surface area contributed by atoms with Crippen LogP contribution in [0.4, 0.5) is 0 Å². The number of hydrogen-bond donors (Lipinski definition) is 1. The van der Waals surface area contributed by atoms with Crippen LogP contribution in [0.3, 0.4) is 0 Å². The first-order valence-corrected chi connectivity index (χ1v) is 6.90. The van der Waals surface area contributed by atoms with Crippen LogP contribution in [0.25, 0.3) is 10.9 Å². The fourth-order valence-corrected chi connectivity index (χ4v) is 3.17. The summed E-state index contributed by atoms with van der Waals surface area (Å²) in [7, 11) is 4.36. The van der Waals surface area contributed by atoms with Crippen LogP contribution in [0.15, 0.2) is 22.7 Å². The number of aromatic nitrogens is 1. The number of likely N-dealkylation sites (N-methyl/N-ethyl adjacent to an activating group) is 1. The normalized spacial score (nSPS) is 19.9. The highest BCUT2D eigenvalue weighted by Gasteiger charge is 2.23. The van der Waals surface area contributed by atoms with E-state index in [0.29, 0.717) is 6.04 Å². The predicted molar refractivity (Wildman–Crippen MR) is 75.5 cm³/mol. The summed E-state index contributed by atoms with van der Waals surface area (Å²) in [5.41, 5.74) is 4.24. The number of hydrogen-bond acceptors (Lipinski definition) is 1. The second-order valence-corrected chi connectivity index (χ2v) is 6.05. The van der Waals surface area contributed by atoms with Gasteiger partial charge in [-0.1, -0.05) is 15.9 Å². The van der Waals surface area contributed by atoms with E-state index in [4.69, 9.17) is 0 Å². The van der Waals surface area contributed by atoms with Gasteiger partial charge in [-0.25, -0.2) is 0 Å². The van der Waals surface area contributed by atoms with Crippen molar-refractivity contribution in [3.8, 4) is 0 Å². The van der Waals surface area contributed by atoms with E-state index in [1.54, 1.807) is 0 Å². The Bertz CT molecular complexity index is 557. The molecule has 0 fully saturated rings. The highest BCUT2D eigenvalue weighted by molar-refractivity contribution is 9.10. The molecule has 0 radical (unpaired) electrons. The fraction of sp³-hybridized carbons (Fsp3) is 0.429. The Labute approximate surface area is 110 Å². The maximum Gasteiger partial charge on any atom is 0.0459 e. The average molecular weight is 293 g/mol. The SMILES string of the molecule is CN(C)C1CCc2[nH]c3ccc(Br)cc3c2C1. The quantitative estimate of drug-likeness (QED) is 0.854. The largest absolute Gasteiger partial charge is 0.358 e. The molecule has 1 aliphatic carbocycles. The molecule has 1 atom stereocenters. The summed E-state index contributed by atoms with van der Waals surface area (Å²) in [6, 6.07) is 7.19. The van der Waals surface area contributed by atoms with Crippen molar-refractivity contribution in [3.63, 3.8) is 0 Å². The molecule has 3 heteroatoms. The van der Waals surface area contributed by atoms with Crippen molar-refractivity contribution in [2.75, 3.05) is 14.1 Å². The molecular weight excluding hydrogens is 276 g/mol. The minimum absolute atomic E-state index is 0.681. The maximum atomic E-state index is 3.56. The van der Waals surface area contributed by atoms with E-state index in [1.165, 1.54) is 45.9 Å². The van der Waals surface area contributed by atoms with Crippen LogP contribution in [0.5, 0.6) is 0 Å². The topological polar surface area (TPSA) is 19.0 Å². The first-order chi connectivity index (χ1) is 8.15. The van der Waals surface area contributed by atoms with Crippen molar-refractivity contribution >= 4 is 26.8 Å². The van der Waals surface area contributed by atoms with Gasteiger partial charge in [-0.3, -0.25) is 0 Å². The Balaban J connectivity index is 2.10. The Hall–Kier alpha value is -0.800. The van der Waals surface area contributed by atoms with Gasteiger partial charge < -0.3 is 9.88 Å². The zero-order chi connectivity index (χ0) is 12.0. The lowest BCUT2D eigenvalue weighted by molar-refractivity contribution is 0.268. The van der Waals surface area contributed by atoms with E-state index >= 15 is 0 Å². The van der Waals surface area contributed by atoms with Crippen LogP contribution in [0.1, 0.15) is 17.7 Å². The van der Waals surface area contributed by atoms with Gasteiger partial charge in [0.15, 0.2) is 0 Å². The Morgan fingerprint density at radius 2 is 2.18 bits per heavy atom. The summed E-state index contributed by atoms with van der Waals surface area (Å²) < 4.78 is 1.17. The van der Waals surface area contributed by atoms with E-state index in [1.807, 2.05) is 0 Å². The minimum Gasteiger partial charge on any atom is -0.358 e. The molecule has 1 N–H and O–H groups in total.